The number of nitrogens with one attached hydrogen (secondary N) is 1. The maximum Gasteiger partial charge on any atom is 0.0281 e. The van der Waals surface area contributed by atoms with Gasteiger partial charge in [0.1, 0.15) is 0 Å². The van der Waals surface area contributed by atoms with Crippen molar-refractivity contribution in [3.05, 3.63) is 0 Å². The Morgan fingerprint density at radius 1 is 1.11 bits per heavy atom. The summed E-state index contributed by atoms with van der Waals surface area (Å²) >= 11 is 2.12. The van der Waals surface area contributed by atoms with Gasteiger partial charge in [-0.15, -0.1) is 0 Å². The molecule has 1 saturated carbocycles. The molecule has 2 atom stereocenters. The monoisotopic (exact) mass is 268 g/mol. The molecule has 3 fully saturated rings. The second-order valence-corrected chi connectivity index (χ2v) is 7.74. The Hall–Kier alpha value is 0.270. The summed E-state index contributed by atoms with van der Waals surface area (Å²) in [7, 11) is 0. The van der Waals surface area contributed by atoms with E-state index in [0.29, 0.717) is 4.75 Å². The number of fused-ring (bicyclic) bond motifs is 1. The molecule has 3 aliphatic rings. The highest BCUT2D eigenvalue weighted by Gasteiger charge is 2.38. The highest BCUT2D eigenvalue weighted by Crippen LogP contribution is 2.40. The van der Waals surface area contributed by atoms with E-state index < -0.39 is 0 Å². The summed E-state index contributed by atoms with van der Waals surface area (Å²) in [6.45, 7) is 3.95. The largest absolute Gasteiger partial charge is 0.311 e. The molecule has 104 valence electrons. The summed E-state index contributed by atoms with van der Waals surface area (Å²) in [5, 5.41) is 3.95. The molecule has 2 saturated heterocycles. The maximum atomic E-state index is 3.95. The minimum Gasteiger partial charge on any atom is -0.311 e. The smallest absolute Gasteiger partial charge is 0.0281 e. The van der Waals surface area contributed by atoms with Crippen molar-refractivity contribution in [3.8, 4) is 0 Å². The van der Waals surface area contributed by atoms with Gasteiger partial charge in [-0.05, 0) is 44.9 Å². The molecule has 2 heterocycles. The molecule has 0 amide bonds. The van der Waals surface area contributed by atoms with Gasteiger partial charge in [0.15, 0.2) is 0 Å². The zero-order chi connectivity index (χ0) is 12.4. The number of rotatable bonds is 4. The van der Waals surface area contributed by atoms with Gasteiger partial charge in [0.2, 0.25) is 0 Å². The first-order valence-electron chi connectivity index (χ1n) is 7.86. The quantitative estimate of drug-likeness (QED) is 0.844. The van der Waals surface area contributed by atoms with E-state index in [0.717, 1.165) is 12.1 Å². The normalized spacial score (nSPS) is 35.8. The van der Waals surface area contributed by atoms with Crippen LogP contribution in [0.15, 0.2) is 0 Å². The topological polar surface area (TPSA) is 15.3 Å². The Morgan fingerprint density at radius 2 is 1.94 bits per heavy atom. The minimum absolute atomic E-state index is 0.572. The fourth-order valence-corrected chi connectivity index (χ4v) is 5.20. The molecule has 0 aromatic heterocycles. The zero-order valence-electron chi connectivity index (χ0n) is 11.8. The number of piperidine rings is 1. The summed E-state index contributed by atoms with van der Waals surface area (Å²) < 4.78 is 0.572. The van der Waals surface area contributed by atoms with E-state index >= 15 is 0 Å². The van der Waals surface area contributed by atoms with Crippen LogP contribution >= 0.6 is 11.8 Å². The van der Waals surface area contributed by atoms with Gasteiger partial charge in [0.25, 0.3) is 0 Å². The van der Waals surface area contributed by atoms with Crippen LogP contribution in [-0.4, -0.2) is 47.6 Å². The summed E-state index contributed by atoms with van der Waals surface area (Å²) in [5.74, 6) is 0. The molecule has 3 rings (SSSR count). The number of hydrogen-bond acceptors (Lipinski definition) is 3. The molecule has 0 radical (unpaired) electrons. The average molecular weight is 268 g/mol. The van der Waals surface area contributed by atoms with Gasteiger partial charge in [0.05, 0.1) is 0 Å². The van der Waals surface area contributed by atoms with E-state index in [1.807, 2.05) is 0 Å². The third-order valence-corrected chi connectivity index (χ3v) is 6.91. The van der Waals surface area contributed by atoms with E-state index in [9.17, 15) is 0 Å². The van der Waals surface area contributed by atoms with Crippen molar-refractivity contribution in [2.24, 2.45) is 0 Å². The molecule has 3 heteroatoms. The Morgan fingerprint density at radius 3 is 2.72 bits per heavy atom. The van der Waals surface area contributed by atoms with Crippen LogP contribution < -0.4 is 5.32 Å². The first-order chi connectivity index (χ1) is 8.83. The van der Waals surface area contributed by atoms with Crippen LogP contribution in [0.25, 0.3) is 0 Å². The van der Waals surface area contributed by atoms with Gasteiger partial charge >= 0.3 is 0 Å². The molecule has 0 aromatic carbocycles. The SMILES string of the molecule is CSC1(CNC2CCN3CCCCC23)CCCC1. The summed E-state index contributed by atoms with van der Waals surface area (Å²) in [6, 6.07) is 1.65. The zero-order valence-corrected chi connectivity index (χ0v) is 12.6. The van der Waals surface area contributed by atoms with E-state index in [-0.39, 0.29) is 0 Å². The molecule has 1 aliphatic carbocycles. The van der Waals surface area contributed by atoms with Crippen LogP contribution in [0.2, 0.25) is 0 Å². The van der Waals surface area contributed by atoms with Gasteiger partial charge in [-0.25, -0.2) is 0 Å². The maximum absolute atomic E-state index is 3.95. The lowest BCUT2D eigenvalue weighted by Gasteiger charge is -2.35. The van der Waals surface area contributed by atoms with Crippen molar-refractivity contribution < 1.29 is 0 Å². The second-order valence-electron chi connectivity index (χ2n) is 6.47. The Kier molecular flexibility index (Phi) is 4.21. The fraction of sp³-hybridized carbons (Fsp3) is 1.00. The third-order valence-electron chi connectivity index (χ3n) is 5.49. The molecule has 0 spiro atoms. The van der Waals surface area contributed by atoms with Crippen LogP contribution in [-0.2, 0) is 0 Å². The van der Waals surface area contributed by atoms with Gasteiger partial charge in [0, 0.05) is 29.9 Å². The number of hydrogen-bond donors (Lipinski definition) is 1. The summed E-state index contributed by atoms with van der Waals surface area (Å²) in [6.07, 6.45) is 13.8. The van der Waals surface area contributed by atoms with Crippen LogP contribution in [0.4, 0.5) is 0 Å². The summed E-state index contributed by atoms with van der Waals surface area (Å²) in [4.78, 5) is 2.74. The highest BCUT2D eigenvalue weighted by atomic mass is 32.2. The van der Waals surface area contributed by atoms with Gasteiger partial charge in [-0.3, -0.25) is 4.90 Å². The fourth-order valence-electron chi connectivity index (χ4n) is 4.27. The molecule has 0 aromatic rings. The van der Waals surface area contributed by atoms with Crippen LogP contribution in [0.3, 0.4) is 0 Å². The molecule has 2 aliphatic heterocycles. The first kappa shape index (κ1) is 13.3. The Balaban J connectivity index is 1.53. The van der Waals surface area contributed by atoms with E-state index in [2.05, 4.69) is 28.2 Å². The van der Waals surface area contributed by atoms with Crippen LogP contribution in [0.1, 0.15) is 51.4 Å². The van der Waals surface area contributed by atoms with Crippen molar-refractivity contribution in [2.75, 3.05) is 25.9 Å². The average Bonchev–Trinajstić information content (AvgIpc) is 3.04. The predicted octanol–water partition coefficient (Wildman–Crippen LogP) is 2.88. The Bertz CT molecular complexity index is 276. The molecular formula is C15H28N2S. The van der Waals surface area contributed by atoms with Gasteiger partial charge in [-0.2, -0.15) is 11.8 Å². The van der Waals surface area contributed by atoms with E-state index in [1.165, 1.54) is 71.0 Å². The molecule has 2 nitrogen and oxygen atoms in total. The molecule has 0 bridgehead atoms. The van der Waals surface area contributed by atoms with Crippen molar-refractivity contribution in [3.63, 3.8) is 0 Å². The summed E-state index contributed by atoms with van der Waals surface area (Å²) in [5.41, 5.74) is 0. The molecule has 2 unspecified atom stereocenters. The van der Waals surface area contributed by atoms with Gasteiger partial charge < -0.3 is 5.32 Å². The predicted molar refractivity (Wildman–Crippen MR) is 80.3 cm³/mol. The van der Waals surface area contributed by atoms with E-state index in [1.54, 1.807) is 0 Å². The molecule has 1 N–H and O–H groups in total. The number of nitrogens with zero attached hydrogens (tertiary/aromatic N) is 1. The van der Waals surface area contributed by atoms with Crippen molar-refractivity contribution in [1.29, 1.82) is 0 Å². The van der Waals surface area contributed by atoms with Crippen molar-refractivity contribution in [1.82, 2.24) is 10.2 Å². The minimum atomic E-state index is 0.572. The van der Waals surface area contributed by atoms with Gasteiger partial charge in [-0.1, -0.05) is 19.3 Å². The first-order valence-corrected chi connectivity index (χ1v) is 9.08. The lowest BCUT2D eigenvalue weighted by Crippen LogP contribution is -2.48. The third kappa shape index (κ3) is 2.59. The second kappa shape index (κ2) is 5.72. The number of thioether (sulfide) groups is 1. The highest BCUT2D eigenvalue weighted by molar-refractivity contribution is 8.00. The van der Waals surface area contributed by atoms with E-state index in [4.69, 9.17) is 0 Å². The Labute approximate surface area is 116 Å². The van der Waals surface area contributed by atoms with Crippen molar-refractivity contribution in [2.45, 2.75) is 68.2 Å². The molecule has 18 heavy (non-hydrogen) atoms. The molecular weight excluding hydrogens is 240 g/mol. The lowest BCUT2D eigenvalue weighted by atomic mass is 9.98. The van der Waals surface area contributed by atoms with Crippen LogP contribution in [0, 0.1) is 0 Å². The van der Waals surface area contributed by atoms with Crippen molar-refractivity contribution >= 4 is 11.8 Å². The van der Waals surface area contributed by atoms with Crippen LogP contribution in [0.5, 0.6) is 0 Å². The standard InChI is InChI=1S/C15H28N2S/c1-18-15(8-3-4-9-15)12-16-13-7-11-17-10-5-2-6-14(13)17/h13-14,16H,2-12H2,1H3. The lowest BCUT2D eigenvalue weighted by molar-refractivity contribution is 0.179.